The molecule has 0 bridgehead atoms. The lowest BCUT2D eigenvalue weighted by Gasteiger charge is -2.22. The number of benzene rings is 1. The van der Waals surface area contributed by atoms with Gasteiger partial charge in [0.15, 0.2) is 5.58 Å². The topological polar surface area (TPSA) is 50.4 Å². The van der Waals surface area contributed by atoms with Crippen molar-refractivity contribution in [3.8, 4) is 0 Å². The number of carbonyl (C=O) groups is 1. The molecule has 18 heavy (non-hydrogen) atoms. The number of aliphatic carboxylic acids is 1. The SMILES string of the molecule is O=C(O)C1(c2coc3c(Cl)cccc23)CCCC1. The fourth-order valence-corrected chi connectivity index (χ4v) is 3.19. The van der Waals surface area contributed by atoms with Gasteiger partial charge in [-0.1, -0.05) is 36.6 Å². The summed E-state index contributed by atoms with van der Waals surface area (Å²) in [6.45, 7) is 0. The van der Waals surface area contributed by atoms with E-state index in [1.807, 2.05) is 12.1 Å². The van der Waals surface area contributed by atoms with Gasteiger partial charge in [0.25, 0.3) is 0 Å². The van der Waals surface area contributed by atoms with E-state index in [4.69, 9.17) is 16.0 Å². The zero-order chi connectivity index (χ0) is 12.8. The van der Waals surface area contributed by atoms with Crippen molar-refractivity contribution >= 4 is 28.5 Å². The van der Waals surface area contributed by atoms with Gasteiger partial charge in [-0.3, -0.25) is 4.79 Å². The van der Waals surface area contributed by atoms with Crippen LogP contribution in [0.1, 0.15) is 31.2 Å². The zero-order valence-corrected chi connectivity index (χ0v) is 10.5. The number of rotatable bonds is 2. The van der Waals surface area contributed by atoms with Crippen LogP contribution in [0.25, 0.3) is 11.0 Å². The van der Waals surface area contributed by atoms with Crippen LogP contribution in [0.2, 0.25) is 5.02 Å². The molecular weight excluding hydrogens is 252 g/mol. The number of furan rings is 1. The molecule has 0 amide bonds. The highest BCUT2D eigenvalue weighted by molar-refractivity contribution is 6.34. The minimum absolute atomic E-state index is 0.525. The van der Waals surface area contributed by atoms with Gasteiger partial charge in [-0.2, -0.15) is 0 Å². The Morgan fingerprint density at radius 3 is 2.72 bits per heavy atom. The third-order valence-electron chi connectivity index (χ3n) is 3.93. The maximum atomic E-state index is 11.7. The second-order valence-electron chi connectivity index (χ2n) is 4.86. The molecule has 1 aliphatic rings. The minimum atomic E-state index is -0.796. The Morgan fingerprint density at radius 2 is 2.06 bits per heavy atom. The Hall–Kier alpha value is -1.48. The first-order valence-corrected chi connectivity index (χ1v) is 6.42. The van der Waals surface area contributed by atoms with Crippen molar-refractivity contribution in [1.82, 2.24) is 0 Å². The molecule has 1 aromatic heterocycles. The summed E-state index contributed by atoms with van der Waals surface area (Å²) in [5.74, 6) is -0.761. The minimum Gasteiger partial charge on any atom is -0.481 e. The van der Waals surface area contributed by atoms with E-state index in [1.54, 1.807) is 12.3 Å². The predicted octanol–water partition coefficient (Wildman–Crippen LogP) is 3.98. The van der Waals surface area contributed by atoms with Crippen molar-refractivity contribution < 1.29 is 14.3 Å². The fraction of sp³-hybridized carbons (Fsp3) is 0.357. The van der Waals surface area contributed by atoms with E-state index in [1.165, 1.54) is 0 Å². The molecule has 3 rings (SSSR count). The van der Waals surface area contributed by atoms with Crippen LogP contribution in [0.5, 0.6) is 0 Å². The lowest BCUT2D eigenvalue weighted by Crippen LogP contribution is -2.32. The van der Waals surface area contributed by atoms with Gasteiger partial charge >= 0.3 is 5.97 Å². The largest absolute Gasteiger partial charge is 0.481 e. The van der Waals surface area contributed by atoms with E-state index >= 15 is 0 Å². The van der Waals surface area contributed by atoms with Crippen molar-refractivity contribution in [2.75, 3.05) is 0 Å². The van der Waals surface area contributed by atoms with Gasteiger partial charge in [-0.25, -0.2) is 0 Å². The molecule has 1 aliphatic carbocycles. The Balaban J connectivity index is 2.25. The van der Waals surface area contributed by atoms with Gasteiger partial charge in [-0.05, 0) is 18.9 Å². The Kier molecular flexibility index (Phi) is 2.59. The lowest BCUT2D eigenvalue weighted by atomic mass is 9.79. The lowest BCUT2D eigenvalue weighted by molar-refractivity contribution is -0.143. The monoisotopic (exact) mass is 264 g/mol. The second kappa shape index (κ2) is 4.02. The molecule has 1 heterocycles. The molecule has 0 radical (unpaired) electrons. The highest BCUT2D eigenvalue weighted by Crippen LogP contribution is 2.45. The number of carboxylic acids is 1. The maximum absolute atomic E-state index is 11.7. The molecule has 1 aromatic carbocycles. The molecule has 1 fully saturated rings. The second-order valence-corrected chi connectivity index (χ2v) is 5.27. The first-order valence-electron chi connectivity index (χ1n) is 6.05. The number of fused-ring (bicyclic) bond motifs is 1. The number of para-hydroxylation sites is 1. The summed E-state index contributed by atoms with van der Waals surface area (Å²) in [5, 5.41) is 10.9. The van der Waals surface area contributed by atoms with E-state index in [2.05, 4.69) is 0 Å². The summed E-state index contributed by atoms with van der Waals surface area (Å²) in [6, 6.07) is 5.45. The summed E-state index contributed by atoms with van der Waals surface area (Å²) in [7, 11) is 0. The molecular formula is C14H13ClO3. The van der Waals surface area contributed by atoms with Gasteiger partial charge in [0.2, 0.25) is 0 Å². The molecule has 0 aliphatic heterocycles. The molecule has 0 atom stereocenters. The molecule has 4 heteroatoms. The Bertz CT molecular complexity index is 609. The van der Waals surface area contributed by atoms with Gasteiger partial charge in [0.1, 0.15) is 0 Å². The molecule has 3 nitrogen and oxygen atoms in total. The molecule has 94 valence electrons. The first kappa shape index (κ1) is 11.6. The van der Waals surface area contributed by atoms with Crippen LogP contribution in [0.15, 0.2) is 28.9 Å². The summed E-state index contributed by atoms with van der Waals surface area (Å²) < 4.78 is 5.47. The molecule has 0 saturated heterocycles. The summed E-state index contributed by atoms with van der Waals surface area (Å²) >= 11 is 6.06. The predicted molar refractivity (Wildman–Crippen MR) is 69.0 cm³/mol. The Labute approximate surface area is 109 Å². The van der Waals surface area contributed by atoms with Crippen LogP contribution in [-0.2, 0) is 10.2 Å². The summed E-state index contributed by atoms with van der Waals surface area (Å²) in [6.07, 6.45) is 4.79. The van der Waals surface area contributed by atoms with Crippen molar-refractivity contribution in [3.05, 3.63) is 35.0 Å². The van der Waals surface area contributed by atoms with E-state index in [0.717, 1.165) is 23.8 Å². The quantitative estimate of drug-likeness (QED) is 0.892. The van der Waals surface area contributed by atoms with Crippen molar-refractivity contribution in [2.45, 2.75) is 31.1 Å². The highest BCUT2D eigenvalue weighted by atomic mass is 35.5. The summed E-state index contributed by atoms with van der Waals surface area (Å²) in [5.41, 5.74) is 0.558. The average Bonchev–Trinajstić information content (AvgIpc) is 2.95. The number of hydrogen-bond acceptors (Lipinski definition) is 2. The zero-order valence-electron chi connectivity index (χ0n) is 9.78. The maximum Gasteiger partial charge on any atom is 0.314 e. The summed E-state index contributed by atoms with van der Waals surface area (Å²) in [4.78, 5) is 11.7. The van der Waals surface area contributed by atoms with Crippen LogP contribution < -0.4 is 0 Å². The van der Waals surface area contributed by atoms with Gasteiger partial charge in [0, 0.05) is 10.9 Å². The average molecular weight is 265 g/mol. The molecule has 1 N–H and O–H groups in total. The van der Waals surface area contributed by atoms with Crippen LogP contribution in [0, 0.1) is 0 Å². The third kappa shape index (κ3) is 1.47. The fourth-order valence-electron chi connectivity index (χ4n) is 2.97. The van der Waals surface area contributed by atoms with Crippen LogP contribution in [-0.4, -0.2) is 11.1 Å². The number of halogens is 1. The molecule has 2 aromatic rings. The number of carboxylic acid groups (broad SMARTS) is 1. The van der Waals surface area contributed by atoms with Crippen LogP contribution >= 0.6 is 11.6 Å². The van der Waals surface area contributed by atoms with Gasteiger partial charge in [0.05, 0.1) is 16.7 Å². The Morgan fingerprint density at radius 1 is 1.33 bits per heavy atom. The van der Waals surface area contributed by atoms with Crippen molar-refractivity contribution in [2.24, 2.45) is 0 Å². The first-order chi connectivity index (χ1) is 8.65. The standard InChI is InChI=1S/C14H13ClO3/c15-11-5-3-4-9-10(8-18-12(9)11)14(13(16)17)6-1-2-7-14/h3-5,8H,1-2,6-7H2,(H,16,17). The van der Waals surface area contributed by atoms with Crippen molar-refractivity contribution in [3.63, 3.8) is 0 Å². The molecule has 0 spiro atoms. The van der Waals surface area contributed by atoms with E-state index in [9.17, 15) is 9.90 Å². The number of hydrogen-bond donors (Lipinski definition) is 1. The molecule has 1 saturated carbocycles. The third-order valence-corrected chi connectivity index (χ3v) is 4.23. The smallest absolute Gasteiger partial charge is 0.314 e. The molecule has 0 unspecified atom stereocenters. The van der Waals surface area contributed by atoms with Crippen LogP contribution in [0.4, 0.5) is 0 Å². The van der Waals surface area contributed by atoms with Crippen molar-refractivity contribution in [1.29, 1.82) is 0 Å². The van der Waals surface area contributed by atoms with E-state index in [0.29, 0.717) is 23.4 Å². The van der Waals surface area contributed by atoms with E-state index < -0.39 is 11.4 Å². The van der Waals surface area contributed by atoms with E-state index in [-0.39, 0.29) is 0 Å². The van der Waals surface area contributed by atoms with Gasteiger partial charge in [-0.15, -0.1) is 0 Å². The normalized spacial score (nSPS) is 18.3. The van der Waals surface area contributed by atoms with Crippen LogP contribution in [0.3, 0.4) is 0 Å². The highest BCUT2D eigenvalue weighted by Gasteiger charge is 2.45. The van der Waals surface area contributed by atoms with Gasteiger partial charge < -0.3 is 9.52 Å².